The van der Waals surface area contributed by atoms with Crippen molar-refractivity contribution in [1.29, 1.82) is 0 Å². The second-order valence-electron chi connectivity index (χ2n) is 2.26. The van der Waals surface area contributed by atoms with Crippen molar-refractivity contribution in [2.24, 2.45) is 0 Å². The van der Waals surface area contributed by atoms with E-state index in [1.54, 1.807) is 18.2 Å². The van der Waals surface area contributed by atoms with Gasteiger partial charge in [0.1, 0.15) is 0 Å². The van der Waals surface area contributed by atoms with Crippen molar-refractivity contribution in [3.05, 3.63) is 35.4 Å². The predicted octanol–water partition coefficient (Wildman–Crippen LogP) is 1.84. The van der Waals surface area contributed by atoms with Gasteiger partial charge in [0.2, 0.25) is 0 Å². The minimum Gasteiger partial charge on any atom is -0.386 e. The summed E-state index contributed by atoms with van der Waals surface area (Å²) in [5.41, 5.74) is 0.865. The summed E-state index contributed by atoms with van der Waals surface area (Å²) in [5.74, 6) is -1.13. The van der Waals surface area contributed by atoms with Crippen molar-refractivity contribution in [2.75, 3.05) is 0 Å². The summed E-state index contributed by atoms with van der Waals surface area (Å²) in [6, 6.07) is 6.40. The van der Waals surface area contributed by atoms with E-state index in [9.17, 15) is 9.59 Å². The molecule has 0 aliphatic carbocycles. The Kier molecular flexibility index (Phi) is 3.91. The quantitative estimate of drug-likeness (QED) is 0.495. The first kappa shape index (κ1) is 11.9. The average Bonchev–Trinajstić information content (AvgIpc) is 2.02. The van der Waals surface area contributed by atoms with Crippen LogP contribution in [-0.2, 0) is 4.74 Å². The molecular formula is C8H6Cl2O3. The first-order valence-corrected chi connectivity index (χ1v) is 3.14. The second-order valence-corrected chi connectivity index (χ2v) is 2.26. The molecule has 2 bridgehead atoms. The van der Waals surface area contributed by atoms with Crippen LogP contribution < -0.4 is 0 Å². The highest BCUT2D eigenvalue weighted by Gasteiger charge is 2.21. The summed E-state index contributed by atoms with van der Waals surface area (Å²) in [5, 5.41) is 0. The molecule has 0 radical (unpaired) electrons. The topological polar surface area (TPSA) is 43.4 Å². The van der Waals surface area contributed by atoms with Crippen LogP contribution in [-0.4, -0.2) is 11.9 Å². The summed E-state index contributed by atoms with van der Waals surface area (Å²) in [6.07, 6.45) is 0. The van der Waals surface area contributed by atoms with Gasteiger partial charge in [0.25, 0.3) is 0 Å². The molecule has 5 heteroatoms. The fourth-order valence-corrected chi connectivity index (χ4v) is 0.975. The first-order valence-electron chi connectivity index (χ1n) is 3.14. The lowest BCUT2D eigenvalue weighted by atomic mass is 10.1. The van der Waals surface area contributed by atoms with E-state index in [0.717, 1.165) is 0 Å². The lowest BCUT2D eigenvalue weighted by Crippen LogP contribution is -2.18. The molecule has 1 aromatic carbocycles. The van der Waals surface area contributed by atoms with Crippen LogP contribution in [0.1, 0.15) is 20.7 Å². The minimum absolute atomic E-state index is 0. The molecule has 0 unspecified atom stereocenters. The number of rotatable bonds is 0. The van der Waals surface area contributed by atoms with Crippen LogP contribution >= 0.6 is 24.8 Å². The smallest absolute Gasteiger partial charge is 0.346 e. The third-order valence-electron chi connectivity index (χ3n) is 1.52. The van der Waals surface area contributed by atoms with Gasteiger partial charge in [0.05, 0.1) is 11.1 Å². The Bertz CT molecular complexity index is 320. The van der Waals surface area contributed by atoms with Crippen molar-refractivity contribution < 1.29 is 14.3 Å². The van der Waals surface area contributed by atoms with Crippen LogP contribution in [0.2, 0.25) is 0 Å². The summed E-state index contributed by atoms with van der Waals surface area (Å²) in [7, 11) is 0. The number of fused-ring (bicyclic) bond motifs is 2. The number of hydrogen-bond donors (Lipinski definition) is 0. The Hall–Kier alpha value is -1.06. The van der Waals surface area contributed by atoms with Gasteiger partial charge in [0, 0.05) is 0 Å². The molecule has 0 spiro atoms. The molecule has 0 atom stereocenters. The molecule has 0 saturated carbocycles. The third kappa shape index (κ3) is 1.99. The van der Waals surface area contributed by atoms with Gasteiger partial charge in [-0.05, 0) is 18.2 Å². The van der Waals surface area contributed by atoms with Crippen molar-refractivity contribution in [1.82, 2.24) is 0 Å². The number of carbonyl (C=O) groups excluding carboxylic acids is 2. The van der Waals surface area contributed by atoms with Crippen molar-refractivity contribution >= 4 is 36.8 Å². The zero-order valence-corrected chi connectivity index (χ0v) is 7.98. The molecule has 1 heterocycles. The van der Waals surface area contributed by atoms with Gasteiger partial charge in [0.15, 0.2) is 0 Å². The summed E-state index contributed by atoms with van der Waals surface area (Å²) >= 11 is 0. The lowest BCUT2D eigenvalue weighted by molar-refractivity contribution is 0.0385. The molecule has 0 N–H and O–H groups in total. The zero-order valence-electron chi connectivity index (χ0n) is 6.35. The van der Waals surface area contributed by atoms with E-state index in [1.807, 2.05) is 0 Å². The summed E-state index contributed by atoms with van der Waals surface area (Å²) < 4.78 is 4.39. The van der Waals surface area contributed by atoms with Gasteiger partial charge in [-0.15, -0.1) is 24.8 Å². The second kappa shape index (κ2) is 4.25. The van der Waals surface area contributed by atoms with E-state index in [1.165, 1.54) is 6.07 Å². The van der Waals surface area contributed by atoms with Crippen LogP contribution in [0.3, 0.4) is 0 Å². The monoisotopic (exact) mass is 220 g/mol. The third-order valence-corrected chi connectivity index (χ3v) is 1.52. The maximum atomic E-state index is 10.8. The van der Waals surface area contributed by atoms with Gasteiger partial charge >= 0.3 is 11.9 Å². The van der Waals surface area contributed by atoms with E-state index in [2.05, 4.69) is 4.74 Å². The average molecular weight is 221 g/mol. The van der Waals surface area contributed by atoms with Crippen LogP contribution in [0.15, 0.2) is 24.3 Å². The van der Waals surface area contributed by atoms with E-state index in [0.29, 0.717) is 11.1 Å². The van der Waals surface area contributed by atoms with Crippen LogP contribution in [0, 0.1) is 0 Å². The first-order chi connectivity index (χ1) is 5.27. The maximum absolute atomic E-state index is 10.8. The Morgan fingerprint density at radius 2 is 1.38 bits per heavy atom. The predicted molar refractivity (Wildman–Crippen MR) is 50.7 cm³/mol. The highest BCUT2D eigenvalue weighted by atomic mass is 35.5. The maximum Gasteiger partial charge on any atom is 0.346 e. The van der Waals surface area contributed by atoms with Crippen molar-refractivity contribution in [3.63, 3.8) is 0 Å². The number of ether oxygens (including phenoxy) is 1. The normalized spacial score (nSPS) is 12.3. The van der Waals surface area contributed by atoms with E-state index in [-0.39, 0.29) is 24.8 Å². The lowest BCUT2D eigenvalue weighted by Gasteiger charge is -2.09. The van der Waals surface area contributed by atoms with Crippen LogP contribution in [0.25, 0.3) is 0 Å². The highest BCUT2D eigenvalue weighted by Crippen LogP contribution is 2.14. The number of hydrogen-bond acceptors (Lipinski definition) is 3. The molecule has 2 rings (SSSR count). The molecule has 0 saturated heterocycles. The molecular weight excluding hydrogens is 215 g/mol. The van der Waals surface area contributed by atoms with Gasteiger partial charge in [-0.2, -0.15) is 0 Å². The Morgan fingerprint density at radius 1 is 0.923 bits per heavy atom. The standard InChI is InChI=1S/C8H4O3.2ClH/c9-7-5-2-1-3-6(4-5)8(10)11-7;;/h1-4H;2*1H. The van der Waals surface area contributed by atoms with Crippen molar-refractivity contribution in [3.8, 4) is 0 Å². The number of benzene rings is 1. The number of carbonyl (C=O) groups is 2. The molecule has 1 aliphatic rings. The summed E-state index contributed by atoms with van der Waals surface area (Å²) in [6.45, 7) is 0. The van der Waals surface area contributed by atoms with E-state index in [4.69, 9.17) is 0 Å². The molecule has 0 amide bonds. The van der Waals surface area contributed by atoms with Crippen LogP contribution in [0.5, 0.6) is 0 Å². The van der Waals surface area contributed by atoms with Crippen LogP contribution in [0.4, 0.5) is 0 Å². The molecule has 0 fully saturated rings. The molecule has 70 valence electrons. The van der Waals surface area contributed by atoms with Gasteiger partial charge in [-0.3, -0.25) is 0 Å². The van der Waals surface area contributed by atoms with Gasteiger partial charge in [-0.1, -0.05) is 6.07 Å². The highest BCUT2D eigenvalue weighted by molar-refractivity contribution is 6.07. The number of esters is 2. The Morgan fingerprint density at radius 3 is 1.85 bits per heavy atom. The van der Waals surface area contributed by atoms with E-state index >= 15 is 0 Å². The van der Waals surface area contributed by atoms with Crippen molar-refractivity contribution in [2.45, 2.75) is 0 Å². The largest absolute Gasteiger partial charge is 0.386 e. The minimum atomic E-state index is -0.567. The van der Waals surface area contributed by atoms with Gasteiger partial charge in [-0.25, -0.2) is 9.59 Å². The SMILES string of the molecule is Cl.Cl.O=C1OC(=O)c2cccc1c2. The molecule has 0 aromatic heterocycles. The molecule has 3 nitrogen and oxygen atoms in total. The molecule has 13 heavy (non-hydrogen) atoms. The number of cyclic esters (lactones) is 2. The number of halogens is 2. The Balaban J connectivity index is 0.000000720. The molecule has 1 aromatic rings. The summed E-state index contributed by atoms with van der Waals surface area (Å²) in [4.78, 5) is 21.7. The zero-order chi connectivity index (χ0) is 7.84. The fourth-order valence-electron chi connectivity index (χ4n) is 0.975. The van der Waals surface area contributed by atoms with Gasteiger partial charge < -0.3 is 4.74 Å². The molecule has 1 aliphatic heterocycles. The van der Waals surface area contributed by atoms with E-state index < -0.39 is 11.9 Å². The fraction of sp³-hybridized carbons (Fsp3) is 0. The Labute approximate surface area is 86.9 Å².